The Morgan fingerprint density at radius 1 is 1.22 bits per heavy atom. The van der Waals surface area contributed by atoms with E-state index in [2.05, 4.69) is 15.3 Å². The van der Waals surface area contributed by atoms with Crippen LogP contribution in [0.5, 0.6) is 0 Å². The van der Waals surface area contributed by atoms with Gasteiger partial charge in [0.1, 0.15) is 5.54 Å². The molecule has 1 atom stereocenters. The van der Waals surface area contributed by atoms with Gasteiger partial charge in [-0.3, -0.25) is 9.78 Å². The summed E-state index contributed by atoms with van der Waals surface area (Å²) in [6.07, 6.45) is 2.79. The van der Waals surface area contributed by atoms with Gasteiger partial charge in [0.05, 0.1) is 16.9 Å². The molecule has 1 aromatic carbocycles. The topological polar surface area (TPSA) is 101 Å². The molecule has 4 rings (SSSR count). The first-order chi connectivity index (χ1) is 12.9. The smallest absolute Gasteiger partial charge is 0.329 e. The average molecular weight is 365 g/mol. The van der Waals surface area contributed by atoms with Gasteiger partial charge in [-0.1, -0.05) is 11.3 Å². The molecule has 27 heavy (non-hydrogen) atoms. The third-order valence-corrected chi connectivity index (χ3v) is 5.29. The Labute approximate surface area is 155 Å². The van der Waals surface area contributed by atoms with Gasteiger partial charge in [0.2, 0.25) is 0 Å². The van der Waals surface area contributed by atoms with Crippen molar-refractivity contribution in [1.29, 1.82) is 0 Å². The number of pyridine rings is 1. The minimum absolute atomic E-state index is 0.172. The number of nitrogens with zero attached hydrogens (tertiary/aromatic N) is 5. The highest BCUT2D eigenvalue weighted by atomic mass is 16.4. The van der Waals surface area contributed by atoms with Crippen molar-refractivity contribution >= 4 is 22.8 Å². The van der Waals surface area contributed by atoms with E-state index < -0.39 is 17.4 Å². The number of aliphatic carboxylic acids is 1. The predicted molar refractivity (Wildman–Crippen MR) is 97.7 cm³/mol. The number of hydrogen-bond acceptors (Lipinski definition) is 5. The second-order valence-corrected chi connectivity index (χ2v) is 6.92. The summed E-state index contributed by atoms with van der Waals surface area (Å²) in [5, 5.41) is 18.7. The Morgan fingerprint density at radius 3 is 2.81 bits per heavy atom. The van der Waals surface area contributed by atoms with Crippen LogP contribution in [0.25, 0.3) is 16.6 Å². The molecule has 0 aliphatic carbocycles. The van der Waals surface area contributed by atoms with E-state index in [0.29, 0.717) is 25.1 Å². The molecule has 1 aliphatic heterocycles. The molecule has 0 radical (unpaired) electrons. The van der Waals surface area contributed by atoms with E-state index in [1.165, 1.54) is 4.90 Å². The lowest BCUT2D eigenvalue weighted by molar-refractivity contribution is -0.147. The first-order valence-corrected chi connectivity index (χ1v) is 8.75. The molecule has 1 amide bonds. The lowest BCUT2D eigenvalue weighted by Gasteiger charge is -2.30. The van der Waals surface area contributed by atoms with Crippen LogP contribution in [0.1, 0.15) is 35.9 Å². The fourth-order valence-corrected chi connectivity index (χ4v) is 3.67. The van der Waals surface area contributed by atoms with Crippen molar-refractivity contribution in [2.24, 2.45) is 0 Å². The van der Waals surface area contributed by atoms with Gasteiger partial charge >= 0.3 is 5.97 Å². The number of fused-ring (bicyclic) bond motifs is 1. The number of hydrogen-bond donors (Lipinski definition) is 1. The Balaban J connectivity index is 1.77. The predicted octanol–water partition coefficient (Wildman–Crippen LogP) is 2.20. The van der Waals surface area contributed by atoms with Gasteiger partial charge < -0.3 is 10.0 Å². The molecule has 138 valence electrons. The molecule has 8 heteroatoms. The van der Waals surface area contributed by atoms with Gasteiger partial charge in [0.25, 0.3) is 5.91 Å². The summed E-state index contributed by atoms with van der Waals surface area (Å²) in [7, 11) is 0. The van der Waals surface area contributed by atoms with Crippen molar-refractivity contribution in [3.8, 4) is 5.69 Å². The molecule has 2 aromatic heterocycles. The number of carboxylic acids is 1. The second-order valence-electron chi connectivity index (χ2n) is 6.92. The summed E-state index contributed by atoms with van der Waals surface area (Å²) in [5.41, 5.74) is 1.11. The van der Waals surface area contributed by atoms with Crippen molar-refractivity contribution in [2.45, 2.75) is 32.2 Å². The van der Waals surface area contributed by atoms with Crippen molar-refractivity contribution in [3.05, 3.63) is 47.9 Å². The standard InChI is InChI=1S/C19H19N5O3/c1-12-16(17(25)23-11-5-9-19(23,2)18(26)27)21-22-24(12)15-8-3-7-14-13(15)6-4-10-20-14/h3-4,6-8,10H,5,9,11H2,1-2H3,(H,26,27). The maximum absolute atomic E-state index is 13.0. The molecule has 1 N–H and O–H groups in total. The van der Waals surface area contributed by atoms with Gasteiger partial charge in [0.15, 0.2) is 5.69 Å². The van der Waals surface area contributed by atoms with Crippen LogP contribution < -0.4 is 0 Å². The summed E-state index contributed by atoms with van der Waals surface area (Å²) in [6.45, 7) is 3.74. The van der Waals surface area contributed by atoms with Crippen molar-refractivity contribution in [1.82, 2.24) is 24.9 Å². The summed E-state index contributed by atoms with van der Waals surface area (Å²) in [4.78, 5) is 30.4. The Hall–Kier alpha value is -3.29. The summed E-state index contributed by atoms with van der Waals surface area (Å²) >= 11 is 0. The molecule has 1 aliphatic rings. The van der Waals surface area contributed by atoms with E-state index >= 15 is 0 Å². The third-order valence-electron chi connectivity index (χ3n) is 5.29. The molecule has 0 bridgehead atoms. The Morgan fingerprint density at radius 2 is 2.04 bits per heavy atom. The molecular weight excluding hydrogens is 346 g/mol. The van der Waals surface area contributed by atoms with Crippen molar-refractivity contribution in [3.63, 3.8) is 0 Å². The van der Waals surface area contributed by atoms with Crippen LogP contribution >= 0.6 is 0 Å². The Bertz CT molecular complexity index is 1060. The van der Waals surface area contributed by atoms with E-state index in [-0.39, 0.29) is 5.69 Å². The summed E-state index contributed by atoms with van der Waals surface area (Å²) in [6, 6.07) is 9.43. The average Bonchev–Trinajstić information content (AvgIpc) is 3.24. The van der Waals surface area contributed by atoms with Crippen molar-refractivity contribution < 1.29 is 14.7 Å². The van der Waals surface area contributed by atoms with Gasteiger partial charge in [-0.15, -0.1) is 5.10 Å². The molecule has 0 saturated carbocycles. The maximum Gasteiger partial charge on any atom is 0.329 e. The zero-order valence-corrected chi connectivity index (χ0v) is 15.1. The normalized spacial score (nSPS) is 19.6. The quantitative estimate of drug-likeness (QED) is 0.764. The van der Waals surface area contributed by atoms with Crippen LogP contribution in [0.4, 0.5) is 0 Å². The number of carbonyl (C=O) groups is 2. The number of carbonyl (C=O) groups excluding carboxylic acids is 1. The fourth-order valence-electron chi connectivity index (χ4n) is 3.67. The van der Waals surface area contributed by atoms with E-state index in [1.54, 1.807) is 24.7 Å². The number of aromatic nitrogens is 4. The van der Waals surface area contributed by atoms with Crippen molar-refractivity contribution in [2.75, 3.05) is 6.54 Å². The van der Waals surface area contributed by atoms with Crippen LogP contribution in [0.3, 0.4) is 0 Å². The zero-order chi connectivity index (χ0) is 19.2. The molecular formula is C19H19N5O3. The number of carboxylic acid groups (broad SMARTS) is 1. The van der Waals surface area contributed by atoms with Gasteiger partial charge in [-0.05, 0) is 51.0 Å². The van der Waals surface area contributed by atoms with E-state index in [9.17, 15) is 14.7 Å². The lowest BCUT2D eigenvalue weighted by atomic mass is 9.99. The monoisotopic (exact) mass is 365 g/mol. The second kappa shape index (κ2) is 6.15. The van der Waals surface area contributed by atoms with Crippen LogP contribution in [0.15, 0.2) is 36.5 Å². The number of rotatable bonds is 3. The maximum atomic E-state index is 13.0. The molecule has 3 aromatic rings. The minimum atomic E-state index is -1.21. The van der Waals surface area contributed by atoms with Gasteiger partial charge in [-0.25, -0.2) is 9.48 Å². The first-order valence-electron chi connectivity index (χ1n) is 8.75. The molecule has 1 unspecified atom stereocenters. The highest BCUT2D eigenvalue weighted by molar-refractivity contribution is 5.97. The highest BCUT2D eigenvalue weighted by Gasteiger charge is 2.47. The lowest BCUT2D eigenvalue weighted by Crippen LogP contribution is -2.51. The highest BCUT2D eigenvalue weighted by Crippen LogP contribution is 2.31. The molecule has 1 fully saturated rings. The largest absolute Gasteiger partial charge is 0.480 e. The molecule has 8 nitrogen and oxygen atoms in total. The molecule has 3 heterocycles. The van der Waals surface area contributed by atoms with Crippen LogP contribution in [0, 0.1) is 6.92 Å². The van der Waals surface area contributed by atoms with Crippen LogP contribution in [-0.4, -0.2) is 53.9 Å². The molecule has 0 spiro atoms. The zero-order valence-electron chi connectivity index (χ0n) is 15.1. The fraction of sp³-hybridized carbons (Fsp3) is 0.316. The SMILES string of the molecule is Cc1c(C(=O)N2CCCC2(C)C(=O)O)nnn1-c1cccc2ncccc12. The van der Waals surface area contributed by atoms with E-state index in [0.717, 1.165) is 16.6 Å². The molecule has 1 saturated heterocycles. The number of benzene rings is 1. The number of amides is 1. The number of likely N-dealkylation sites (tertiary alicyclic amines) is 1. The minimum Gasteiger partial charge on any atom is -0.480 e. The van der Waals surface area contributed by atoms with Crippen LogP contribution in [0.2, 0.25) is 0 Å². The first kappa shape index (κ1) is 17.1. The Kier molecular flexibility index (Phi) is 3.91. The third kappa shape index (κ3) is 2.56. The van der Waals surface area contributed by atoms with Gasteiger partial charge in [-0.2, -0.15) is 0 Å². The van der Waals surface area contributed by atoms with Crippen LogP contribution in [-0.2, 0) is 4.79 Å². The summed E-state index contributed by atoms with van der Waals surface area (Å²) in [5.74, 6) is -1.40. The van der Waals surface area contributed by atoms with E-state index in [1.807, 2.05) is 30.3 Å². The van der Waals surface area contributed by atoms with E-state index in [4.69, 9.17) is 0 Å². The summed E-state index contributed by atoms with van der Waals surface area (Å²) < 4.78 is 1.60. The van der Waals surface area contributed by atoms with Gasteiger partial charge in [0, 0.05) is 18.1 Å².